The van der Waals surface area contributed by atoms with E-state index in [1.165, 1.54) is 6.42 Å². The molecular weight excluding hydrogens is 276 g/mol. The quantitative estimate of drug-likeness (QED) is 0.906. The summed E-state index contributed by atoms with van der Waals surface area (Å²) < 4.78 is 5.12. The molecule has 1 amide bonds. The molecule has 1 atom stereocenters. The number of benzene rings is 1. The minimum absolute atomic E-state index is 0. The molecule has 1 N–H and O–H groups in total. The van der Waals surface area contributed by atoms with Gasteiger partial charge in [0.1, 0.15) is 5.75 Å². The summed E-state index contributed by atoms with van der Waals surface area (Å²) in [6.07, 6.45) is 2.90. The fourth-order valence-electron chi connectivity index (χ4n) is 2.39. The highest BCUT2D eigenvalue weighted by Gasteiger charge is 2.19. The SMILES string of the molecule is COc1ccc(CN(C)C(=O)CC2CCCN2)cc1.Cl. The monoisotopic (exact) mass is 298 g/mol. The topological polar surface area (TPSA) is 41.6 Å². The number of carbonyl (C=O) groups excluding carboxylic acids is 1. The summed E-state index contributed by atoms with van der Waals surface area (Å²) in [6.45, 7) is 1.69. The number of methoxy groups -OCH3 is 1. The molecule has 0 saturated carbocycles. The zero-order valence-electron chi connectivity index (χ0n) is 12.1. The molecule has 1 aromatic carbocycles. The van der Waals surface area contributed by atoms with Crippen LogP contribution in [0.4, 0.5) is 0 Å². The standard InChI is InChI=1S/C15H22N2O2.ClH/c1-17(15(18)10-13-4-3-9-16-13)11-12-5-7-14(19-2)8-6-12;/h5-8,13,16H,3-4,9-11H2,1-2H3;1H. The van der Waals surface area contributed by atoms with E-state index in [2.05, 4.69) is 5.32 Å². The Hall–Kier alpha value is -1.26. The first-order valence-electron chi connectivity index (χ1n) is 6.79. The van der Waals surface area contributed by atoms with Crippen molar-refractivity contribution in [2.45, 2.75) is 31.8 Å². The number of carbonyl (C=O) groups is 1. The molecule has 0 radical (unpaired) electrons. The first-order chi connectivity index (χ1) is 9.19. The highest BCUT2D eigenvalue weighted by Crippen LogP contribution is 2.14. The zero-order chi connectivity index (χ0) is 13.7. The van der Waals surface area contributed by atoms with Crippen LogP contribution in [0.3, 0.4) is 0 Å². The van der Waals surface area contributed by atoms with Crippen molar-refractivity contribution in [3.05, 3.63) is 29.8 Å². The predicted octanol–water partition coefficient (Wildman–Crippen LogP) is 2.22. The van der Waals surface area contributed by atoms with Crippen LogP contribution >= 0.6 is 12.4 Å². The smallest absolute Gasteiger partial charge is 0.224 e. The van der Waals surface area contributed by atoms with E-state index in [9.17, 15) is 4.79 Å². The van der Waals surface area contributed by atoms with Crippen molar-refractivity contribution in [3.8, 4) is 5.75 Å². The Morgan fingerprint density at radius 2 is 2.10 bits per heavy atom. The zero-order valence-corrected chi connectivity index (χ0v) is 12.9. The molecule has 1 unspecified atom stereocenters. The van der Waals surface area contributed by atoms with Crippen LogP contribution in [0.5, 0.6) is 5.75 Å². The fourth-order valence-corrected chi connectivity index (χ4v) is 2.39. The molecule has 5 heteroatoms. The molecule has 4 nitrogen and oxygen atoms in total. The van der Waals surface area contributed by atoms with Crippen molar-refractivity contribution in [2.75, 3.05) is 20.7 Å². The molecule has 0 spiro atoms. The second kappa shape index (κ2) is 8.12. The number of ether oxygens (including phenoxy) is 1. The number of rotatable bonds is 5. The van der Waals surface area contributed by atoms with Gasteiger partial charge in [-0.2, -0.15) is 0 Å². The van der Waals surface area contributed by atoms with Gasteiger partial charge in [0.05, 0.1) is 7.11 Å². The lowest BCUT2D eigenvalue weighted by molar-refractivity contribution is -0.130. The average molecular weight is 299 g/mol. The molecule has 0 aromatic heterocycles. The van der Waals surface area contributed by atoms with Gasteiger partial charge in [0.25, 0.3) is 0 Å². The molecule has 20 heavy (non-hydrogen) atoms. The maximum atomic E-state index is 12.1. The van der Waals surface area contributed by atoms with Gasteiger partial charge in [-0.05, 0) is 37.1 Å². The molecule has 2 rings (SSSR count). The van der Waals surface area contributed by atoms with E-state index in [1.807, 2.05) is 31.3 Å². The maximum Gasteiger partial charge on any atom is 0.224 e. The fraction of sp³-hybridized carbons (Fsp3) is 0.533. The molecule has 0 bridgehead atoms. The summed E-state index contributed by atoms with van der Waals surface area (Å²) in [5, 5.41) is 3.36. The van der Waals surface area contributed by atoms with Crippen LogP contribution in [0.25, 0.3) is 0 Å². The maximum absolute atomic E-state index is 12.1. The first-order valence-corrected chi connectivity index (χ1v) is 6.79. The van der Waals surface area contributed by atoms with Crippen LogP contribution in [0.2, 0.25) is 0 Å². The first kappa shape index (κ1) is 16.8. The van der Waals surface area contributed by atoms with E-state index < -0.39 is 0 Å². The number of nitrogens with zero attached hydrogens (tertiary/aromatic N) is 1. The Bertz CT molecular complexity index is 416. The van der Waals surface area contributed by atoms with Gasteiger partial charge in [-0.15, -0.1) is 12.4 Å². The highest BCUT2D eigenvalue weighted by molar-refractivity contribution is 5.85. The number of amides is 1. The summed E-state index contributed by atoms with van der Waals surface area (Å²) in [6, 6.07) is 8.21. The normalized spacial score (nSPS) is 17.4. The summed E-state index contributed by atoms with van der Waals surface area (Å²) in [4.78, 5) is 13.9. The van der Waals surface area contributed by atoms with Crippen LogP contribution in [0.15, 0.2) is 24.3 Å². The van der Waals surface area contributed by atoms with Gasteiger partial charge < -0.3 is 15.0 Å². The van der Waals surface area contributed by atoms with E-state index in [0.29, 0.717) is 19.0 Å². The largest absolute Gasteiger partial charge is 0.497 e. The van der Waals surface area contributed by atoms with Crippen LogP contribution in [0.1, 0.15) is 24.8 Å². The van der Waals surface area contributed by atoms with Crippen molar-refractivity contribution in [1.29, 1.82) is 0 Å². The summed E-state index contributed by atoms with van der Waals surface area (Å²) in [7, 11) is 3.51. The Labute approximate surface area is 126 Å². The average Bonchev–Trinajstić information content (AvgIpc) is 2.92. The molecule has 1 fully saturated rings. The molecule has 0 aliphatic carbocycles. The summed E-state index contributed by atoms with van der Waals surface area (Å²) in [5.74, 6) is 1.04. The number of hydrogen-bond donors (Lipinski definition) is 1. The van der Waals surface area contributed by atoms with Crippen molar-refractivity contribution in [3.63, 3.8) is 0 Å². The number of nitrogens with one attached hydrogen (secondary N) is 1. The number of halogens is 1. The van der Waals surface area contributed by atoms with Crippen LogP contribution in [0, 0.1) is 0 Å². The Balaban J connectivity index is 0.00000200. The lowest BCUT2D eigenvalue weighted by Crippen LogP contribution is -2.33. The lowest BCUT2D eigenvalue weighted by Gasteiger charge is -2.19. The van der Waals surface area contributed by atoms with Gasteiger partial charge in [-0.3, -0.25) is 4.79 Å². The molecule has 1 aromatic rings. The Morgan fingerprint density at radius 1 is 1.40 bits per heavy atom. The van der Waals surface area contributed by atoms with Gasteiger partial charge in [0.15, 0.2) is 0 Å². The van der Waals surface area contributed by atoms with Crippen molar-refractivity contribution in [1.82, 2.24) is 10.2 Å². The summed E-state index contributed by atoms with van der Waals surface area (Å²) in [5.41, 5.74) is 1.12. The Kier molecular flexibility index (Phi) is 6.82. The van der Waals surface area contributed by atoms with Gasteiger partial charge >= 0.3 is 0 Å². The molecule has 1 aliphatic heterocycles. The second-order valence-electron chi connectivity index (χ2n) is 5.10. The van der Waals surface area contributed by atoms with Gasteiger partial charge in [-0.1, -0.05) is 12.1 Å². The van der Waals surface area contributed by atoms with Crippen LogP contribution < -0.4 is 10.1 Å². The molecular formula is C15H23ClN2O2. The third kappa shape index (κ3) is 4.69. The third-order valence-corrected chi connectivity index (χ3v) is 3.59. The lowest BCUT2D eigenvalue weighted by atomic mass is 10.1. The van der Waals surface area contributed by atoms with Crippen molar-refractivity contribution in [2.24, 2.45) is 0 Å². The van der Waals surface area contributed by atoms with Crippen LogP contribution in [-0.4, -0.2) is 37.6 Å². The minimum Gasteiger partial charge on any atom is -0.497 e. The van der Waals surface area contributed by atoms with Crippen molar-refractivity contribution < 1.29 is 9.53 Å². The third-order valence-electron chi connectivity index (χ3n) is 3.59. The van der Waals surface area contributed by atoms with Gasteiger partial charge in [0.2, 0.25) is 5.91 Å². The molecule has 1 heterocycles. The molecule has 1 saturated heterocycles. The summed E-state index contributed by atoms with van der Waals surface area (Å²) >= 11 is 0. The minimum atomic E-state index is 0. The van der Waals surface area contributed by atoms with E-state index in [0.717, 1.165) is 24.3 Å². The Morgan fingerprint density at radius 3 is 2.65 bits per heavy atom. The van der Waals surface area contributed by atoms with E-state index in [4.69, 9.17) is 4.74 Å². The van der Waals surface area contributed by atoms with Gasteiger partial charge in [-0.25, -0.2) is 0 Å². The number of hydrogen-bond acceptors (Lipinski definition) is 3. The van der Waals surface area contributed by atoms with E-state index >= 15 is 0 Å². The second-order valence-corrected chi connectivity index (χ2v) is 5.10. The van der Waals surface area contributed by atoms with E-state index in [1.54, 1.807) is 12.0 Å². The van der Waals surface area contributed by atoms with Crippen LogP contribution in [-0.2, 0) is 11.3 Å². The highest BCUT2D eigenvalue weighted by atomic mass is 35.5. The predicted molar refractivity (Wildman–Crippen MR) is 82.4 cm³/mol. The molecule has 112 valence electrons. The van der Waals surface area contributed by atoms with Gasteiger partial charge in [0, 0.05) is 26.1 Å². The van der Waals surface area contributed by atoms with Crippen molar-refractivity contribution >= 4 is 18.3 Å². The molecule has 1 aliphatic rings. The van der Waals surface area contributed by atoms with E-state index in [-0.39, 0.29) is 18.3 Å².